The highest BCUT2D eigenvalue weighted by atomic mass is 16.2. The largest absolute Gasteiger partial charge is 0.350 e. The third kappa shape index (κ3) is 3.92. The van der Waals surface area contributed by atoms with Crippen LogP contribution in [0, 0.1) is 0 Å². The van der Waals surface area contributed by atoms with E-state index in [1.165, 1.54) is 15.8 Å². The van der Waals surface area contributed by atoms with Crippen molar-refractivity contribution in [1.82, 2.24) is 30.5 Å². The van der Waals surface area contributed by atoms with Crippen molar-refractivity contribution in [3.63, 3.8) is 0 Å². The molecule has 1 fully saturated rings. The lowest BCUT2D eigenvalue weighted by Gasteiger charge is -2.10. The molecule has 1 aromatic rings. The fourth-order valence-electron chi connectivity index (χ4n) is 1.85. The normalized spacial score (nSPS) is 17.8. The topological polar surface area (TPSA) is 104 Å². The standard InChI is InChI=1S/C11H19N7O2/c1-17(2)11(20)14-9-6-18(16-15-9)7-10(19)13-8-3-4-12-5-8/h6,8,12H,3-5,7H2,1-2H3,(H,13,19)(H,14,20). The van der Waals surface area contributed by atoms with Crippen molar-refractivity contribution in [2.75, 3.05) is 32.5 Å². The van der Waals surface area contributed by atoms with E-state index in [0.29, 0.717) is 5.82 Å². The Kier molecular flexibility index (Phi) is 4.51. The van der Waals surface area contributed by atoms with Gasteiger partial charge in [0.05, 0.1) is 6.20 Å². The average molecular weight is 281 g/mol. The second-order valence-corrected chi connectivity index (χ2v) is 4.88. The summed E-state index contributed by atoms with van der Waals surface area (Å²) in [5.74, 6) is 0.202. The van der Waals surface area contributed by atoms with Gasteiger partial charge < -0.3 is 15.5 Å². The zero-order valence-corrected chi connectivity index (χ0v) is 11.6. The fraction of sp³-hybridized carbons (Fsp3) is 0.636. The minimum atomic E-state index is -0.293. The SMILES string of the molecule is CN(C)C(=O)Nc1cn(CC(=O)NC2CCNC2)nn1. The van der Waals surface area contributed by atoms with Crippen LogP contribution in [0.5, 0.6) is 0 Å². The molecule has 2 rings (SSSR count). The summed E-state index contributed by atoms with van der Waals surface area (Å²) < 4.78 is 1.39. The van der Waals surface area contributed by atoms with Crippen molar-refractivity contribution in [2.45, 2.75) is 19.0 Å². The van der Waals surface area contributed by atoms with E-state index in [0.717, 1.165) is 19.5 Å². The molecule has 1 unspecified atom stereocenters. The first-order chi connectivity index (χ1) is 9.54. The molecule has 1 atom stereocenters. The quantitative estimate of drug-likeness (QED) is 0.646. The summed E-state index contributed by atoms with van der Waals surface area (Å²) in [6.07, 6.45) is 2.46. The van der Waals surface area contributed by atoms with Gasteiger partial charge in [0.15, 0.2) is 5.82 Å². The van der Waals surface area contributed by atoms with Crippen LogP contribution in [-0.2, 0) is 11.3 Å². The molecule has 1 saturated heterocycles. The molecule has 0 bridgehead atoms. The van der Waals surface area contributed by atoms with Gasteiger partial charge in [-0.2, -0.15) is 0 Å². The number of carbonyl (C=O) groups is 2. The highest BCUT2D eigenvalue weighted by Gasteiger charge is 2.17. The lowest BCUT2D eigenvalue weighted by Crippen LogP contribution is -2.38. The van der Waals surface area contributed by atoms with Crippen LogP contribution < -0.4 is 16.0 Å². The highest BCUT2D eigenvalue weighted by molar-refractivity contribution is 5.87. The Morgan fingerprint density at radius 2 is 2.35 bits per heavy atom. The second-order valence-electron chi connectivity index (χ2n) is 4.88. The zero-order chi connectivity index (χ0) is 14.5. The Morgan fingerprint density at radius 1 is 1.55 bits per heavy atom. The molecule has 9 nitrogen and oxygen atoms in total. The zero-order valence-electron chi connectivity index (χ0n) is 11.6. The van der Waals surface area contributed by atoms with Gasteiger partial charge in [0.1, 0.15) is 6.54 Å². The van der Waals surface area contributed by atoms with Crippen molar-refractivity contribution in [3.8, 4) is 0 Å². The Morgan fingerprint density at radius 3 is 3.00 bits per heavy atom. The van der Waals surface area contributed by atoms with Gasteiger partial charge in [0, 0.05) is 26.7 Å². The van der Waals surface area contributed by atoms with E-state index >= 15 is 0 Å². The molecule has 3 amide bonds. The van der Waals surface area contributed by atoms with Crippen LogP contribution in [0.25, 0.3) is 0 Å². The van der Waals surface area contributed by atoms with Gasteiger partial charge in [0.25, 0.3) is 0 Å². The van der Waals surface area contributed by atoms with Gasteiger partial charge in [-0.25, -0.2) is 9.48 Å². The molecule has 0 saturated carbocycles. The number of aromatic nitrogens is 3. The Labute approximate surface area is 116 Å². The molecule has 1 aliphatic heterocycles. The minimum absolute atomic E-state index is 0.0847. The molecule has 3 N–H and O–H groups in total. The number of hydrogen-bond acceptors (Lipinski definition) is 5. The van der Waals surface area contributed by atoms with Gasteiger partial charge in [-0.05, 0) is 13.0 Å². The molecular formula is C11H19N7O2. The summed E-state index contributed by atoms with van der Waals surface area (Å²) in [5, 5.41) is 16.2. The first-order valence-electron chi connectivity index (χ1n) is 6.43. The Hall–Kier alpha value is -2.16. The molecule has 20 heavy (non-hydrogen) atoms. The number of hydrogen-bond donors (Lipinski definition) is 3. The molecule has 0 aliphatic carbocycles. The number of carbonyl (C=O) groups excluding carboxylic acids is 2. The maximum Gasteiger partial charge on any atom is 0.322 e. The van der Waals surface area contributed by atoms with Crippen molar-refractivity contribution in [3.05, 3.63) is 6.20 Å². The number of rotatable bonds is 4. The minimum Gasteiger partial charge on any atom is -0.350 e. The van der Waals surface area contributed by atoms with E-state index in [9.17, 15) is 9.59 Å². The van der Waals surface area contributed by atoms with Crippen LogP contribution in [0.1, 0.15) is 6.42 Å². The van der Waals surface area contributed by atoms with E-state index in [1.807, 2.05) is 0 Å². The number of nitrogens with one attached hydrogen (secondary N) is 3. The summed E-state index contributed by atoms with van der Waals surface area (Å²) in [6.45, 7) is 1.81. The monoisotopic (exact) mass is 281 g/mol. The first kappa shape index (κ1) is 14.3. The molecule has 9 heteroatoms. The third-order valence-electron chi connectivity index (χ3n) is 2.91. The summed E-state index contributed by atoms with van der Waals surface area (Å²) in [5.41, 5.74) is 0. The number of nitrogens with zero attached hydrogens (tertiary/aromatic N) is 4. The smallest absolute Gasteiger partial charge is 0.322 e. The van der Waals surface area contributed by atoms with Gasteiger partial charge in [-0.1, -0.05) is 5.21 Å². The lowest BCUT2D eigenvalue weighted by molar-refractivity contribution is -0.122. The van der Waals surface area contributed by atoms with Crippen LogP contribution in [0.4, 0.5) is 10.6 Å². The Bertz CT molecular complexity index is 479. The van der Waals surface area contributed by atoms with E-state index in [4.69, 9.17) is 0 Å². The predicted molar refractivity (Wildman–Crippen MR) is 72.1 cm³/mol. The van der Waals surface area contributed by atoms with Crippen LogP contribution in [0.3, 0.4) is 0 Å². The molecule has 0 radical (unpaired) electrons. The molecule has 2 heterocycles. The number of urea groups is 1. The fourth-order valence-corrected chi connectivity index (χ4v) is 1.85. The molecule has 0 aromatic carbocycles. The van der Waals surface area contributed by atoms with E-state index in [-0.39, 0.29) is 24.5 Å². The molecule has 0 spiro atoms. The summed E-state index contributed by atoms with van der Waals surface area (Å²) in [6, 6.07) is -0.113. The van der Waals surface area contributed by atoms with Crippen molar-refractivity contribution >= 4 is 17.8 Å². The molecule has 1 aromatic heterocycles. The van der Waals surface area contributed by atoms with Gasteiger partial charge in [-0.3, -0.25) is 10.1 Å². The maximum atomic E-state index is 11.8. The number of amides is 3. The van der Waals surface area contributed by atoms with E-state index < -0.39 is 0 Å². The predicted octanol–water partition coefficient (Wildman–Crippen LogP) is -1.15. The van der Waals surface area contributed by atoms with Gasteiger partial charge in [-0.15, -0.1) is 5.10 Å². The summed E-state index contributed by atoms with van der Waals surface area (Å²) in [4.78, 5) is 24.6. The van der Waals surface area contributed by atoms with Gasteiger partial charge in [0.2, 0.25) is 5.91 Å². The van der Waals surface area contributed by atoms with E-state index in [2.05, 4.69) is 26.3 Å². The maximum absolute atomic E-state index is 11.8. The first-order valence-corrected chi connectivity index (χ1v) is 6.43. The van der Waals surface area contributed by atoms with E-state index in [1.54, 1.807) is 14.1 Å². The molecular weight excluding hydrogens is 262 g/mol. The van der Waals surface area contributed by atoms with Crippen molar-refractivity contribution < 1.29 is 9.59 Å². The van der Waals surface area contributed by atoms with Crippen LogP contribution in [0.15, 0.2) is 6.20 Å². The molecule has 110 valence electrons. The van der Waals surface area contributed by atoms with Crippen LogP contribution >= 0.6 is 0 Å². The summed E-state index contributed by atoms with van der Waals surface area (Å²) >= 11 is 0. The van der Waals surface area contributed by atoms with Gasteiger partial charge >= 0.3 is 6.03 Å². The summed E-state index contributed by atoms with van der Waals surface area (Å²) in [7, 11) is 3.26. The number of anilines is 1. The Balaban J connectivity index is 1.82. The third-order valence-corrected chi connectivity index (χ3v) is 2.91. The second kappa shape index (κ2) is 6.33. The van der Waals surface area contributed by atoms with Crippen LogP contribution in [-0.4, -0.2) is 65.1 Å². The van der Waals surface area contributed by atoms with Crippen molar-refractivity contribution in [1.29, 1.82) is 0 Å². The highest BCUT2D eigenvalue weighted by Crippen LogP contribution is 2.02. The molecule has 1 aliphatic rings. The average Bonchev–Trinajstić information content (AvgIpc) is 3.01. The van der Waals surface area contributed by atoms with Crippen LogP contribution in [0.2, 0.25) is 0 Å². The lowest BCUT2D eigenvalue weighted by atomic mass is 10.2. The van der Waals surface area contributed by atoms with Crippen molar-refractivity contribution in [2.24, 2.45) is 0 Å².